The molecule has 1 saturated heterocycles. The molecular formula is C31H38N6O4. The summed E-state index contributed by atoms with van der Waals surface area (Å²) < 4.78 is 1.61. The number of nitrogens with zero attached hydrogens (tertiary/aromatic N) is 4. The molecule has 0 bridgehead atoms. The number of nitrogens with one attached hydrogen (secondary N) is 1. The first-order chi connectivity index (χ1) is 19.7. The number of hydrogen-bond donors (Lipinski definition) is 3. The van der Waals surface area contributed by atoms with Gasteiger partial charge in [0, 0.05) is 31.5 Å². The SMILES string of the molecule is CCC(C)[C@@H](C(=O)N1C[C@H](O)C[C@H]1C(=O)N[C@H](Cc1ccc(-c2ccccc2)cc1)C(N)=O)n1cc(C2CC2)nn1. The molecule has 2 heterocycles. The van der Waals surface area contributed by atoms with E-state index in [9.17, 15) is 19.5 Å². The van der Waals surface area contributed by atoms with Gasteiger partial charge in [0.15, 0.2) is 0 Å². The average molecular weight is 559 g/mol. The Morgan fingerprint density at radius 2 is 1.76 bits per heavy atom. The zero-order valence-electron chi connectivity index (χ0n) is 23.5. The average Bonchev–Trinajstić information content (AvgIpc) is 3.58. The Kier molecular flexibility index (Phi) is 8.49. The molecule has 0 spiro atoms. The molecule has 10 heteroatoms. The van der Waals surface area contributed by atoms with Crippen molar-refractivity contribution in [3.63, 3.8) is 0 Å². The van der Waals surface area contributed by atoms with Gasteiger partial charge in [-0.25, -0.2) is 4.68 Å². The third kappa shape index (κ3) is 6.48. The van der Waals surface area contributed by atoms with Crippen molar-refractivity contribution in [2.75, 3.05) is 6.54 Å². The Hall–Kier alpha value is -4.05. The minimum Gasteiger partial charge on any atom is -0.391 e. The number of hydrogen-bond acceptors (Lipinski definition) is 6. The number of β-amino-alcohol motifs (C(OH)–C–C–N with tert-alkyl or cyclic N) is 1. The molecule has 1 aliphatic carbocycles. The van der Waals surface area contributed by atoms with Gasteiger partial charge in [0.2, 0.25) is 17.7 Å². The van der Waals surface area contributed by atoms with Gasteiger partial charge >= 0.3 is 0 Å². The first-order valence-electron chi connectivity index (χ1n) is 14.4. The van der Waals surface area contributed by atoms with Crippen molar-refractivity contribution in [2.45, 2.75) is 76.1 Å². The van der Waals surface area contributed by atoms with E-state index in [1.807, 2.05) is 74.6 Å². The molecule has 1 aromatic heterocycles. The predicted octanol–water partition coefficient (Wildman–Crippen LogP) is 2.58. The molecule has 2 aromatic carbocycles. The van der Waals surface area contributed by atoms with Gasteiger partial charge < -0.3 is 21.1 Å². The van der Waals surface area contributed by atoms with Gasteiger partial charge in [-0.3, -0.25) is 14.4 Å². The minimum atomic E-state index is -0.971. The van der Waals surface area contributed by atoms with Crippen LogP contribution >= 0.6 is 0 Å². The summed E-state index contributed by atoms with van der Waals surface area (Å²) in [6.07, 6.45) is 4.11. The van der Waals surface area contributed by atoms with E-state index in [-0.39, 0.29) is 31.2 Å². The van der Waals surface area contributed by atoms with Crippen LogP contribution in [-0.4, -0.2) is 67.5 Å². The number of aromatic nitrogens is 3. The van der Waals surface area contributed by atoms with Gasteiger partial charge in [0.05, 0.1) is 11.8 Å². The summed E-state index contributed by atoms with van der Waals surface area (Å²) >= 11 is 0. The number of aliphatic hydroxyl groups excluding tert-OH is 1. The molecule has 41 heavy (non-hydrogen) atoms. The zero-order valence-corrected chi connectivity index (χ0v) is 23.5. The van der Waals surface area contributed by atoms with Crippen LogP contribution in [0.15, 0.2) is 60.8 Å². The van der Waals surface area contributed by atoms with Crippen LogP contribution < -0.4 is 11.1 Å². The van der Waals surface area contributed by atoms with E-state index in [2.05, 4.69) is 15.6 Å². The molecule has 4 N–H and O–H groups in total. The molecular weight excluding hydrogens is 520 g/mol. The second-order valence-corrected chi connectivity index (χ2v) is 11.4. The molecule has 1 unspecified atom stereocenters. The van der Waals surface area contributed by atoms with E-state index in [0.29, 0.717) is 5.92 Å². The first-order valence-corrected chi connectivity index (χ1v) is 14.4. The maximum atomic E-state index is 13.9. The lowest BCUT2D eigenvalue weighted by Gasteiger charge is -2.31. The highest BCUT2D eigenvalue weighted by atomic mass is 16.3. The lowest BCUT2D eigenvalue weighted by atomic mass is 9.97. The zero-order chi connectivity index (χ0) is 29.1. The highest BCUT2D eigenvalue weighted by Gasteiger charge is 2.44. The normalized spacial score (nSPS) is 20.8. The highest BCUT2D eigenvalue weighted by Crippen LogP contribution is 2.39. The molecule has 216 valence electrons. The Morgan fingerprint density at radius 3 is 2.39 bits per heavy atom. The van der Waals surface area contributed by atoms with Crippen LogP contribution in [-0.2, 0) is 20.8 Å². The van der Waals surface area contributed by atoms with Gasteiger partial charge in [-0.05, 0) is 35.4 Å². The number of likely N-dealkylation sites (tertiary alicyclic amines) is 1. The summed E-state index contributed by atoms with van der Waals surface area (Å²) in [7, 11) is 0. The Balaban J connectivity index is 1.30. The maximum Gasteiger partial charge on any atom is 0.248 e. The smallest absolute Gasteiger partial charge is 0.248 e. The molecule has 3 aromatic rings. The minimum absolute atomic E-state index is 0.0240. The van der Waals surface area contributed by atoms with Gasteiger partial charge in [-0.1, -0.05) is 80.1 Å². The fourth-order valence-electron chi connectivity index (χ4n) is 5.50. The van der Waals surface area contributed by atoms with Crippen LogP contribution in [0.2, 0.25) is 0 Å². The van der Waals surface area contributed by atoms with E-state index in [4.69, 9.17) is 5.73 Å². The van der Waals surface area contributed by atoms with Crippen LogP contribution in [0.25, 0.3) is 11.1 Å². The lowest BCUT2D eigenvalue weighted by Crippen LogP contribution is -2.54. The first kappa shape index (κ1) is 28.5. The Morgan fingerprint density at radius 1 is 1.07 bits per heavy atom. The number of primary amides is 1. The van der Waals surface area contributed by atoms with Gasteiger partial charge in [0.25, 0.3) is 0 Å². The van der Waals surface area contributed by atoms with Crippen LogP contribution in [0.1, 0.15) is 62.7 Å². The molecule has 10 nitrogen and oxygen atoms in total. The van der Waals surface area contributed by atoms with Crippen molar-refractivity contribution in [1.82, 2.24) is 25.2 Å². The second kappa shape index (κ2) is 12.2. The van der Waals surface area contributed by atoms with Crippen molar-refractivity contribution in [3.8, 4) is 11.1 Å². The monoisotopic (exact) mass is 558 g/mol. The summed E-state index contributed by atoms with van der Waals surface area (Å²) in [6, 6.07) is 15.1. The highest BCUT2D eigenvalue weighted by molar-refractivity contribution is 5.93. The topological polar surface area (TPSA) is 143 Å². The molecule has 0 radical (unpaired) electrons. The summed E-state index contributed by atoms with van der Waals surface area (Å²) in [4.78, 5) is 41.2. The number of amides is 3. The number of aliphatic hydroxyl groups is 1. The Labute approximate surface area is 239 Å². The number of carbonyl (C=O) groups excluding carboxylic acids is 3. The number of carbonyl (C=O) groups is 3. The third-order valence-corrected chi connectivity index (χ3v) is 8.27. The largest absolute Gasteiger partial charge is 0.391 e. The molecule has 2 aliphatic rings. The third-order valence-electron chi connectivity index (χ3n) is 8.27. The molecule has 1 aliphatic heterocycles. The van der Waals surface area contributed by atoms with E-state index in [1.165, 1.54) is 4.90 Å². The Bertz CT molecular complexity index is 1370. The number of benzene rings is 2. The van der Waals surface area contributed by atoms with Crippen LogP contribution in [0.3, 0.4) is 0 Å². The number of nitrogens with two attached hydrogens (primary N) is 1. The number of rotatable bonds is 11. The summed E-state index contributed by atoms with van der Waals surface area (Å²) in [5.74, 6) is -1.16. The molecule has 5 rings (SSSR count). The van der Waals surface area contributed by atoms with Crippen LogP contribution in [0, 0.1) is 5.92 Å². The standard InChI is InChI=1S/C31H38N6O4/c1-3-19(2)28(37-18-26(34-35-37)23-13-14-23)31(41)36-17-24(38)16-27(36)30(40)33-25(29(32)39)15-20-9-11-22(12-10-20)21-7-5-4-6-8-21/h4-12,18-19,23-25,27-28,38H,3,13-17H2,1-2H3,(H2,32,39)(H,33,40)/t19?,24-,25-,27+,28+/m1/s1. The van der Waals surface area contributed by atoms with E-state index < -0.39 is 36.0 Å². The van der Waals surface area contributed by atoms with Crippen molar-refractivity contribution in [3.05, 3.63) is 72.1 Å². The van der Waals surface area contributed by atoms with E-state index in [1.54, 1.807) is 4.68 Å². The van der Waals surface area contributed by atoms with Gasteiger partial charge in [-0.15, -0.1) is 5.10 Å². The predicted molar refractivity (Wildman–Crippen MR) is 153 cm³/mol. The van der Waals surface area contributed by atoms with Gasteiger partial charge in [-0.2, -0.15) is 0 Å². The quantitative estimate of drug-likeness (QED) is 0.330. The summed E-state index contributed by atoms with van der Waals surface area (Å²) in [5.41, 5.74) is 9.51. The van der Waals surface area contributed by atoms with Gasteiger partial charge in [0.1, 0.15) is 18.1 Å². The molecule has 2 fully saturated rings. The molecule has 5 atom stereocenters. The summed E-state index contributed by atoms with van der Waals surface area (Å²) in [6.45, 7) is 3.99. The van der Waals surface area contributed by atoms with Crippen molar-refractivity contribution < 1.29 is 19.5 Å². The maximum absolute atomic E-state index is 13.9. The molecule has 1 saturated carbocycles. The fourth-order valence-corrected chi connectivity index (χ4v) is 5.50. The lowest BCUT2D eigenvalue weighted by molar-refractivity contribution is -0.143. The fraction of sp³-hybridized carbons (Fsp3) is 0.452. The van der Waals surface area contributed by atoms with Crippen molar-refractivity contribution >= 4 is 17.7 Å². The van der Waals surface area contributed by atoms with Crippen LogP contribution in [0.4, 0.5) is 0 Å². The summed E-state index contributed by atoms with van der Waals surface area (Å²) in [5, 5.41) is 21.8. The van der Waals surface area contributed by atoms with E-state index in [0.717, 1.165) is 41.6 Å². The molecule has 3 amide bonds. The van der Waals surface area contributed by atoms with Crippen molar-refractivity contribution in [2.24, 2.45) is 11.7 Å². The van der Waals surface area contributed by atoms with E-state index >= 15 is 0 Å². The van der Waals surface area contributed by atoms with Crippen LogP contribution in [0.5, 0.6) is 0 Å². The van der Waals surface area contributed by atoms with Crippen molar-refractivity contribution in [1.29, 1.82) is 0 Å². The second-order valence-electron chi connectivity index (χ2n) is 11.4.